The molecule has 0 amide bonds. The number of hydrogen-bond acceptors (Lipinski definition) is 8. The standard InChI is InChI=1S/C29H58O8Si3/c1-19(2)40(20(3)4,21(5)6)35-18-29(32)24(27(31)34-11)22(26(30)33-10)17-23(25(29)37-38(12,13)14)36-39(15,16)28(7,8)9/h17,19-21,23-25,32H,18H2,1-16H3/t23-,24-,25-,29+/m0/s1. The van der Waals surface area contributed by atoms with Gasteiger partial charge in [0.05, 0.1) is 32.5 Å². The van der Waals surface area contributed by atoms with E-state index in [2.05, 4.69) is 75.4 Å². The molecular formula is C29H58O8Si3. The second kappa shape index (κ2) is 13.2. The summed E-state index contributed by atoms with van der Waals surface area (Å²) in [4.78, 5) is 26.6. The fourth-order valence-corrected chi connectivity index (χ4v) is 13.7. The average Bonchev–Trinajstić information content (AvgIpc) is 2.78. The first-order valence-electron chi connectivity index (χ1n) is 14.5. The Morgan fingerprint density at radius 2 is 1.38 bits per heavy atom. The van der Waals surface area contributed by atoms with Gasteiger partial charge in [-0.05, 0) is 60.5 Å². The summed E-state index contributed by atoms with van der Waals surface area (Å²) in [5.41, 5.74) is -1.23. The number of rotatable bonds is 12. The van der Waals surface area contributed by atoms with Crippen LogP contribution in [0.15, 0.2) is 11.6 Å². The van der Waals surface area contributed by atoms with Crippen LogP contribution in [0.2, 0.25) is 54.4 Å². The molecule has 1 rings (SSSR count). The highest BCUT2D eigenvalue weighted by Gasteiger charge is 2.61. The molecule has 234 valence electrons. The molecule has 0 aromatic heterocycles. The maximum atomic E-state index is 13.5. The lowest BCUT2D eigenvalue weighted by atomic mass is 9.72. The highest BCUT2D eigenvalue weighted by Crippen LogP contribution is 2.47. The summed E-state index contributed by atoms with van der Waals surface area (Å²) >= 11 is 0. The van der Waals surface area contributed by atoms with Crippen molar-refractivity contribution in [3.8, 4) is 0 Å². The van der Waals surface area contributed by atoms with E-state index in [4.69, 9.17) is 22.8 Å². The quantitative estimate of drug-likeness (QED) is 0.198. The lowest BCUT2D eigenvalue weighted by Gasteiger charge is -2.52. The highest BCUT2D eigenvalue weighted by molar-refractivity contribution is 6.77. The van der Waals surface area contributed by atoms with Crippen molar-refractivity contribution in [1.82, 2.24) is 0 Å². The van der Waals surface area contributed by atoms with Crippen LogP contribution in [-0.4, -0.2) is 80.6 Å². The lowest BCUT2D eigenvalue weighted by Crippen LogP contribution is -2.68. The average molecular weight is 619 g/mol. The van der Waals surface area contributed by atoms with Gasteiger partial charge >= 0.3 is 11.9 Å². The van der Waals surface area contributed by atoms with Crippen LogP contribution in [0.3, 0.4) is 0 Å². The molecule has 0 saturated heterocycles. The third kappa shape index (κ3) is 7.76. The Kier molecular flexibility index (Phi) is 12.3. The van der Waals surface area contributed by atoms with Gasteiger partial charge in [0, 0.05) is 0 Å². The van der Waals surface area contributed by atoms with Gasteiger partial charge < -0.3 is 27.9 Å². The summed E-state index contributed by atoms with van der Waals surface area (Å²) in [7, 11) is -4.76. The molecule has 0 heterocycles. The third-order valence-corrected chi connectivity index (χ3v) is 20.3. The Morgan fingerprint density at radius 1 is 0.900 bits per heavy atom. The maximum absolute atomic E-state index is 13.5. The van der Waals surface area contributed by atoms with Gasteiger partial charge in [-0.1, -0.05) is 62.3 Å². The lowest BCUT2D eigenvalue weighted by molar-refractivity contribution is -0.182. The number of aliphatic hydroxyl groups is 1. The van der Waals surface area contributed by atoms with Crippen molar-refractivity contribution >= 4 is 36.9 Å². The Balaban J connectivity index is 4.04. The van der Waals surface area contributed by atoms with Gasteiger partial charge in [0.25, 0.3) is 0 Å². The van der Waals surface area contributed by atoms with E-state index >= 15 is 0 Å². The summed E-state index contributed by atoms with van der Waals surface area (Å²) in [5, 5.41) is 12.7. The van der Waals surface area contributed by atoms with Crippen molar-refractivity contribution in [2.75, 3.05) is 20.8 Å². The number of ether oxygens (including phenoxy) is 2. The summed E-state index contributed by atoms with van der Waals surface area (Å²) in [6, 6.07) is 0. The van der Waals surface area contributed by atoms with Crippen LogP contribution in [0.25, 0.3) is 0 Å². The van der Waals surface area contributed by atoms with Gasteiger partial charge in [0.1, 0.15) is 17.6 Å². The molecule has 0 unspecified atom stereocenters. The minimum atomic E-state index is -2.50. The molecule has 40 heavy (non-hydrogen) atoms. The van der Waals surface area contributed by atoms with Crippen LogP contribution in [0, 0.1) is 5.92 Å². The van der Waals surface area contributed by atoms with Gasteiger partial charge in [-0.2, -0.15) is 0 Å². The molecule has 0 saturated carbocycles. The molecule has 8 nitrogen and oxygen atoms in total. The predicted molar refractivity (Wildman–Crippen MR) is 168 cm³/mol. The summed E-state index contributed by atoms with van der Waals surface area (Å²) in [5.74, 6) is -2.84. The van der Waals surface area contributed by atoms with Crippen molar-refractivity contribution in [3.63, 3.8) is 0 Å². The van der Waals surface area contributed by atoms with E-state index in [1.165, 1.54) is 14.2 Å². The largest absolute Gasteiger partial charge is 0.468 e. The maximum Gasteiger partial charge on any atom is 0.334 e. The molecule has 0 radical (unpaired) electrons. The topological polar surface area (TPSA) is 101 Å². The van der Waals surface area contributed by atoms with Crippen LogP contribution in [0.4, 0.5) is 0 Å². The van der Waals surface area contributed by atoms with E-state index < -0.39 is 60.6 Å². The van der Waals surface area contributed by atoms with Crippen molar-refractivity contribution < 1.29 is 37.4 Å². The number of esters is 2. The molecular weight excluding hydrogens is 561 g/mol. The zero-order valence-corrected chi connectivity index (χ0v) is 31.1. The fraction of sp³-hybridized carbons (Fsp3) is 0.862. The third-order valence-electron chi connectivity index (χ3n) is 8.78. The first-order valence-corrected chi connectivity index (χ1v) is 23.0. The second-order valence-electron chi connectivity index (χ2n) is 14.7. The van der Waals surface area contributed by atoms with Crippen molar-refractivity contribution in [2.45, 2.75) is 135 Å². The molecule has 0 aromatic carbocycles. The predicted octanol–water partition coefficient (Wildman–Crippen LogP) is 6.42. The monoisotopic (exact) mass is 618 g/mol. The van der Waals surface area contributed by atoms with Crippen molar-refractivity contribution in [2.24, 2.45) is 5.92 Å². The Hall–Kier alpha value is -0.829. The summed E-state index contributed by atoms with van der Waals surface area (Å²) < 4.78 is 30.8. The first-order chi connectivity index (χ1) is 17.9. The minimum absolute atomic E-state index is 0.00509. The molecule has 4 atom stereocenters. The SMILES string of the molecule is COC(=O)C1=C[C@H](O[Si](C)(C)C(C)(C)C)[C@H](O[Si](C)(C)C)[C@@](O)(CO[Si](C(C)C)(C(C)C)C(C)C)[C@@H]1C(=O)OC. The molecule has 11 heteroatoms. The van der Waals surface area contributed by atoms with Crippen LogP contribution < -0.4 is 0 Å². The van der Waals surface area contributed by atoms with E-state index in [1.54, 1.807) is 6.08 Å². The van der Waals surface area contributed by atoms with Crippen LogP contribution >= 0.6 is 0 Å². The molecule has 0 bridgehead atoms. The summed E-state index contributed by atoms with van der Waals surface area (Å²) in [6.45, 7) is 29.5. The van der Waals surface area contributed by atoms with E-state index in [9.17, 15) is 14.7 Å². The van der Waals surface area contributed by atoms with E-state index in [-0.39, 0.29) is 33.8 Å². The van der Waals surface area contributed by atoms with Gasteiger partial charge in [0.15, 0.2) is 25.0 Å². The molecule has 0 aromatic rings. The van der Waals surface area contributed by atoms with Crippen LogP contribution in [0.1, 0.15) is 62.3 Å². The van der Waals surface area contributed by atoms with Crippen LogP contribution in [0.5, 0.6) is 0 Å². The molecule has 0 fully saturated rings. The zero-order chi connectivity index (χ0) is 31.6. The van der Waals surface area contributed by atoms with Crippen molar-refractivity contribution in [1.29, 1.82) is 0 Å². The molecule has 1 aliphatic carbocycles. The Labute approximate surface area is 246 Å². The highest BCUT2D eigenvalue weighted by atomic mass is 28.4. The van der Waals surface area contributed by atoms with Gasteiger partial charge in [-0.15, -0.1) is 0 Å². The van der Waals surface area contributed by atoms with E-state index in [0.717, 1.165) is 0 Å². The Bertz CT molecular complexity index is 895. The molecule has 0 spiro atoms. The normalized spacial score (nSPS) is 24.9. The molecule has 1 aliphatic rings. The van der Waals surface area contributed by atoms with Crippen molar-refractivity contribution in [3.05, 3.63) is 11.6 Å². The number of carbonyl (C=O) groups excluding carboxylic acids is 2. The number of hydrogen-bond donors (Lipinski definition) is 1. The first kappa shape index (κ1) is 37.2. The fourth-order valence-electron chi connectivity index (χ4n) is 5.90. The van der Waals surface area contributed by atoms with Crippen LogP contribution in [-0.2, 0) is 32.3 Å². The summed E-state index contributed by atoms with van der Waals surface area (Å²) in [6.07, 6.45) is -0.154. The zero-order valence-electron chi connectivity index (χ0n) is 28.1. The van der Waals surface area contributed by atoms with E-state index in [1.807, 2.05) is 19.6 Å². The van der Waals surface area contributed by atoms with E-state index in [0.29, 0.717) is 0 Å². The van der Waals surface area contributed by atoms with Gasteiger partial charge in [-0.25, -0.2) is 4.79 Å². The smallest absolute Gasteiger partial charge is 0.334 e. The molecule has 0 aliphatic heterocycles. The number of carbonyl (C=O) groups is 2. The second-order valence-corrected chi connectivity index (χ2v) is 29.3. The van der Waals surface area contributed by atoms with Gasteiger partial charge in [0.2, 0.25) is 0 Å². The Morgan fingerprint density at radius 3 is 1.73 bits per heavy atom. The van der Waals surface area contributed by atoms with Gasteiger partial charge in [-0.3, -0.25) is 4.79 Å². The molecule has 1 N–H and O–H groups in total. The minimum Gasteiger partial charge on any atom is -0.468 e. The number of methoxy groups -OCH3 is 2.